The summed E-state index contributed by atoms with van der Waals surface area (Å²) in [6.07, 6.45) is -4.30. The summed E-state index contributed by atoms with van der Waals surface area (Å²) in [5, 5.41) is 14.6. The van der Waals surface area contributed by atoms with Crippen LogP contribution in [0.5, 0.6) is 11.5 Å². The van der Waals surface area contributed by atoms with Crippen molar-refractivity contribution in [2.75, 3.05) is 39.8 Å². The molecule has 16 nitrogen and oxygen atoms in total. The fourth-order valence-corrected chi connectivity index (χ4v) is 10.2. The zero-order valence-corrected chi connectivity index (χ0v) is 38.1. The zero-order valence-electron chi connectivity index (χ0n) is 36.4. The molecule has 2 unspecified atom stereocenters. The number of methoxy groups -OCH3 is 1. The van der Waals surface area contributed by atoms with Crippen LogP contribution in [0, 0.1) is 11.8 Å². The minimum atomic E-state index is -4.10. The minimum absolute atomic E-state index is 0.00474. The number of esters is 1. The van der Waals surface area contributed by atoms with E-state index in [-0.39, 0.29) is 61.8 Å². The van der Waals surface area contributed by atoms with E-state index in [1.807, 2.05) is 62.4 Å². The quantitative estimate of drug-likeness (QED) is 0.0590. The Morgan fingerprint density at radius 1 is 0.844 bits per heavy atom. The molecule has 6 rings (SSSR count). The third kappa shape index (κ3) is 13.8. The number of sulfonamides is 1. The maximum absolute atomic E-state index is 14.1. The number of carbonyl (C=O) groups is 2. The molecule has 4 aromatic carbocycles. The van der Waals surface area contributed by atoms with Gasteiger partial charge in [-0.2, -0.15) is 4.31 Å². The third-order valence-corrected chi connectivity index (χ3v) is 14.0. The van der Waals surface area contributed by atoms with Crippen molar-refractivity contribution in [2.24, 2.45) is 11.8 Å². The summed E-state index contributed by atoms with van der Waals surface area (Å²) in [4.78, 5) is 26.4. The van der Waals surface area contributed by atoms with Gasteiger partial charge in [0, 0.05) is 13.1 Å². The number of aliphatic hydroxyl groups is 1. The molecule has 0 spiro atoms. The Bertz CT molecular complexity index is 2250. The van der Waals surface area contributed by atoms with Crippen molar-refractivity contribution in [1.29, 1.82) is 0 Å². The van der Waals surface area contributed by atoms with E-state index in [1.54, 1.807) is 48.5 Å². The van der Waals surface area contributed by atoms with Crippen LogP contribution >= 0.6 is 7.60 Å². The highest BCUT2D eigenvalue weighted by molar-refractivity contribution is 7.89. The van der Waals surface area contributed by atoms with Gasteiger partial charge in [0.15, 0.2) is 18.7 Å². The Hall–Kier alpha value is -4.84. The van der Waals surface area contributed by atoms with Gasteiger partial charge in [-0.3, -0.25) is 9.09 Å². The molecule has 0 aromatic heterocycles. The molecule has 2 saturated heterocycles. The van der Waals surface area contributed by atoms with Crippen molar-refractivity contribution in [2.45, 2.75) is 82.4 Å². The number of nitrogens with one attached hydrogen (secondary N) is 1. The Morgan fingerprint density at radius 2 is 1.48 bits per heavy atom. The lowest BCUT2D eigenvalue weighted by Gasteiger charge is -2.31. The standard InChI is InChI=1S/C46H57N2O14PS/c1-32(2)26-48(64(53,54)39-21-19-37(55-4)20-22-39)27-42(49)41(47-46(51)61-43-30-58-45-40(43)23-24-56-45)25-34-15-17-38(18-16-34)59-31-63(52,60-29-36-13-9-6-10-14-36)62-33(3)44(50)57-28-35-11-7-5-8-12-35/h5-22,32-33,40-43,45,49H,23-31H2,1-4H3,(H,47,51)/t33-,40?,41-,42+,43-,45+,63?/m0/s1. The fourth-order valence-electron chi connectivity index (χ4n) is 7.17. The SMILES string of the molecule is COc1ccc(S(=O)(=O)N(CC(C)C)C[C@@H](O)[C@H](Cc2ccc(OCP(=O)(OCc3ccccc3)O[C@@H](C)C(=O)OCc3ccccc3)cc2)NC(=O)O[C@H]2CO[C@H]3OCCC32)cc1. The largest absolute Gasteiger partial charge is 0.497 e. The Labute approximate surface area is 374 Å². The molecule has 4 aromatic rings. The number of hydrogen-bond donors (Lipinski definition) is 2. The van der Waals surface area contributed by atoms with E-state index in [1.165, 1.54) is 30.5 Å². The van der Waals surface area contributed by atoms with E-state index in [0.29, 0.717) is 24.3 Å². The number of fused-ring (bicyclic) bond motifs is 1. The maximum atomic E-state index is 14.1. The first kappa shape index (κ1) is 48.6. The molecule has 0 radical (unpaired) electrons. The van der Waals surface area contributed by atoms with Crippen molar-refractivity contribution >= 4 is 29.7 Å². The molecule has 2 heterocycles. The molecule has 2 aliphatic heterocycles. The summed E-state index contributed by atoms with van der Waals surface area (Å²) in [6.45, 7) is 5.47. The molecule has 64 heavy (non-hydrogen) atoms. The van der Waals surface area contributed by atoms with Crippen LogP contribution in [0.25, 0.3) is 0 Å². The molecular formula is C46H57N2O14PS. The smallest absolute Gasteiger partial charge is 0.407 e. The van der Waals surface area contributed by atoms with Gasteiger partial charge in [0.25, 0.3) is 0 Å². The topological polar surface area (TPSA) is 195 Å². The van der Waals surface area contributed by atoms with Crippen LogP contribution in [-0.2, 0) is 67.0 Å². The van der Waals surface area contributed by atoms with Crippen molar-refractivity contribution < 1.29 is 65.1 Å². The first-order valence-corrected chi connectivity index (χ1v) is 24.3. The van der Waals surface area contributed by atoms with Gasteiger partial charge in [-0.25, -0.2) is 18.0 Å². The van der Waals surface area contributed by atoms with Crippen molar-refractivity contribution in [1.82, 2.24) is 9.62 Å². The number of aliphatic hydroxyl groups excluding tert-OH is 1. The molecule has 0 aliphatic carbocycles. The normalized spacial score (nSPS) is 19.6. The van der Waals surface area contributed by atoms with E-state index >= 15 is 0 Å². The van der Waals surface area contributed by atoms with Gasteiger partial charge in [0.2, 0.25) is 10.0 Å². The van der Waals surface area contributed by atoms with Crippen molar-refractivity contribution in [3.05, 3.63) is 126 Å². The van der Waals surface area contributed by atoms with Crippen LogP contribution in [0.4, 0.5) is 4.79 Å². The highest BCUT2D eigenvalue weighted by Crippen LogP contribution is 2.50. The minimum Gasteiger partial charge on any atom is -0.497 e. The highest BCUT2D eigenvalue weighted by Gasteiger charge is 2.44. The molecule has 0 saturated carbocycles. The Balaban J connectivity index is 1.15. The Kier molecular flexibility index (Phi) is 17.4. The van der Waals surface area contributed by atoms with Gasteiger partial charge in [0.05, 0.1) is 49.9 Å². The van der Waals surface area contributed by atoms with Gasteiger partial charge in [0.1, 0.15) is 24.2 Å². The molecular weight excluding hydrogens is 868 g/mol. The number of benzene rings is 4. The van der Waals surface area contributed by atoms with E-state index in [2.05, 4.69) is 5.32 Å². The predicted octanol–water partition coefficient (Wildman–Crippen LogP) is 6.70. The van der Waals surface area contributed by atoms with E-state index in [0.717, 1.165) is 11.1 Å². The van der Waals surface area contributed by atoms with Crippen LogP contribution < -0.4 is 14.8 Å². The van der Waals surface area contributed by atoms with Crippen LogP contribution in [0.3, 0.4) is 0 Å². The Morgan fingerprint density at radius 3 is 2.12 bits per heavy atom. The second-order valence-corrected chi connectivity index (χ2v) is 19.9. The van der Waals surface area contributed by atoms with Crippen LogP contribution in [0.1, 0.15) is 43.9 Å². The summed E-state index contributed by atoms with van der Waals surface area (Å²) >= 11 is 0. The number of amides is 1. The van der Waals surface area contributed by atoms with Gasteiger partial charge < -0.3 is 43.4 Å². The predicted molar refractivity (Wildman–Crippen MR) is 235 cm³/mol. The average molecular weight is 925 g/mol. The molecule has 0 bridgehead atoms. The molecule has 7 atom stereocenters. The van der Waals surface area contributed by atoms with Crippen LogP contribution in [-0.4, -0.2) is 100 Å². The zero-order chi connectivity index (χ0) is 45.7. The lowest BCUT2D eigenvalue weighted by Crippen LogP contribution is -2.51. The molecule has 346 valence electrons. The summed E-state index contributed by atoms with van der Waals surface area (Å²) in [6, 6.07) is 29.7. The van der Waals surface area contributed by atoms with Crippen molar-refractivity contribution in [3.8, 4) is 11.5 Å². The number of rotatable bonds is 23. The van der Waals surface area contributed by atoms with E-state index in [4.69, 9.17) is 37.5 Å². The maximum Gasteiger partial charge on any atom is 0.407 e. The lowest BCUT2D eigenvalue weighted by molar-refractivity contribution is -0.153. The second kappa shape index (κ2) is 22.9. The number of hydrogen-bond acceptors (Lipinski definition) is 14. The van der Waals surface area contributed by atoms with E-state index < -0.39 is 66.7 Å². The third-order valence-electron chi connectivity index (χ3n) is 10.6. The number of alkyl carbamates (subject to hydrolysis) is 1. The summed E-state index contributed by atoms with van der Waals surface area (Å²) in [5.74, 6) is -0.192. The summed E-state index contributed by atoms with van der Waals surface area (Å²) < 4.78 is 88.3. The second-order valence-electron chi connectivity index (χ2n) is 16.0. The lowest BCUT2D eigenvalue weighted by atomic mass is 10.0. The molecule has 1 amide bonds. The average Bonchev–Trinajstić information content (AvgIpc) is 3.92. The van der Waals surface area contributed by atoms with Crippen LogP contribution in [0.15, 0.2) is 114 Å². The first-order valence-electron chi connectivity index (χ1n) is 21.1. The molecule has 2 N–H and O–H groups in total. The van der Waals surface area contributed by atoms with Crippen LogP contribution in [0.2, 0.25) is 0 Å². The van der Waals surface area contributed by atoms with E-state index in [9.17, 15) is 27.7 Å². The number of ether oxygens (including phenoxy) is 6. The van der Waals surface area contributed by atoms with Gasteiger partial charge in [-0.15, -0.1) is 0 Å². The molecule has 2 aliphatic rings. The number of nitrogens with zero attached hydrogens (tertiary/aromatic N) is 1. The summed E-state index contributed by atoms with van der Waals surface area (Å²) in [5.41, 5.74) is 2.13. The van der Waals surface area contributed by atoms with Gasteiger partial charge in [-0.1, -0.05) is 86.6 Å². The highest BCUT2D eigenvalue weighted by atomic mass is 32.2. The fraction of sp³-hybridized carbons (Fsp3) is 0.435. The van der Waals surface area contributed by atoms with Gasteiger partial charge >= 0.3 is 19.7 Å². The summed E-state index contributed by atoms with van der Waals surface area (Å²) in [7, 11) is -6.71. The molecule has 2 fully saturated rings. The van der Waals surface area contributed by atoms with Gasteiger partial charge in [-0.05, 0) is 78.8 Å². The first-order chi connectivity index (χ1) is 30.7. The monoisotopic (exact) mass is 924 g/mol. The number of carbonyl (C=O) groups excluding carboxylic acids is 2. The van der Waals surface area contributed by atoms with Crippen molar-refractivity contribution in [3.63, 3.8) is 0 Å². The molecule has 18 heteroatoms.